The molecule has 1 aliphatic rings. The maximum Gasteiger partial charge on any atom is 0.266 e. The van der Waals surface area contributed by atoms with Crippen LogP contribution in [0.3, 0.4) is 0 Å². The fourth-order valence-electron chi connectivity index (χ4n) is 2.76. The molecule has 0 saturated carbocycles. The first-order valence-electron chi connectivity index (χ1n) is 8.04. The minimum atomic E-state index is -3.01. The van der Waals surface area contributed by atoms with Crippen LogP contribution in [0, 0.1) is 6.92 Å². The quantitative estimate of drug-likeness (QED) is 0.830. The highest BCUT2D eigenvalue weighted by atomic mass is 32.2. The number of amides is 1. The zero-order valence-electron chi connectivity index (χ0n) is 14.5. The third-order valence-corrected chi connectivity index (χ3v) is 7.33. The number of carbonyl (C=O) groups is 1. The first-order valence-corrected chi connectivity index (χ1v) is 10.7. The van der Waals surface area contributed by atoms with E-state index in [1.54, 1.807) is 4.90 Å². The average molecular weight is 359 g/mol. The Kier molecular flexibility index (Phi) is 5.21. The molecule has 1 atom stereocenters. The van der Waals surface area contributed by atoms with E-state index < -0.39 is 9.84 Å². The van der Waals surface area contributed by atoms with Crippen LogP contribution in [0.5, 0.6) is 0 Å². The van der Waals surface area contributed by atoms with Gasteiger partial charge in [-0.1, -0.05) is 27.7 Å². The number of carbonyl (C=O) groups excluding carboxylic acids is 1. The van der Waals surface area contributed by atoms with Gasteiger partial charge in [0.1, 0.15) is 4.88 Å². The van der Waals surface area contributed by atoms with Crippen LogP contribution in [-0.2, 0) is 15.3 Å². The molecule has 1 aromatic heterocycles. The number of aromatic nitrogens is 1. The van der Waals surface area contributed by atoms with Crippen LogP contribution in [0.1, 0.15) is 60.9 Å². The molecular formula is C16H26N2O3S2. The lowest BCUT2D eigenvalue weighted by molar-refractivity contribution is 0.0701. The predicted octanol–water partition coefficient (Wildman–Crippen LogP) is 2.79. The van der Waals surface area contributed by atoms with Gasteiger partial charge in [-0.3, -0.25) is 4.79 Å². The Hall–Kier alpha value is -0.950. The highest BCUT2D eigenvalue weighted by molar-refractivity contribution is 7.91. The number of sulfone groups is 1. The maximum atomic E-state index is 13.0. The van der Waals surface area contributed by atoms with Crippen LogP contribution in [0.4, 0.5) is 0 Å². The van der Waals surface area contributed by atoms with Crippen LogP contribution < -0.4 is 0 Å². The van der Waals surface area contributed by atoms with Crippen molar-refractivity contribution in [1.82, 2.24) is 9.88 Å². The molecule has 130 valence electrons. The molecule has 1 amide bonds. The summed E-state index contributed by atoms with van der Waals surface area (Å²) in [7, 11) is -3.01. The number of nitrogens with zero attached hydrogens (tertiary/aromatic N) is 2. The number of hydrogen-bond donors (Lipinski definition) is 0. The first kappa shape index (κ1) is 18.4. The Morgan fingerprint density at radius 1 is 1.39 bits per heavy atom. The van der Waals surface area contributed by atoms with Gasteiger partial charge in [0, 0.05) is 18.0 Å². The average Bonchev–Trinajstić information content (AvgIpc) is 2.97. The Morgan fingerprint density at radius 3 is 2.48 bits per heavy atom. The second-order valence-electron chi connectivity index (χ2n) is 7.24. The molecule has 5 nitrogen and oxygen atoms in total. The fraction of sp³-hybridized carbons (Fsp3) is 0.750. The van der Waals surface area contributed by atoms with Crippen molar-refractivity contribution in [1.29, 1.82) is 0 Å². The molecule has 0 spiro atoms. The summed E-state index contributed by atoms with van der Waals surface area (Å²) >= 11 is 1.44. The van der Waals surface area contributed by atoms with Gasteiger partial charge in [0.2, 0.25) is 0 Å². The standard InChI is InChI=1S/C16H26N2O3S2/c1-6-8-18(12-7-9-23(20,21)10-12)14(19)13-11(2)17-15(22-13)16(3,4)5/h12H,6-10H2,1-5H3. The van der Waals surface area contributed by atoms with Crippen molar-refractivity contribution < 1.29 is 13.2 Å². The molecule has 0 radical (unpaired) electrons. The van der Waals surface area contributed by atoms with Gasteiger partial charge in [-0.15, -0.1) is 11.3 Å². The smallest absolute Gasteiger partial charge is 0.266 e. The molecule has 0 aliphatic carbocycles. The van der Waals surface area contributed by atoms with Gasteiger partial charge in [-0.2, -0.15) is 0 Å². The second kappa shape index (κ2) is 6.51. The zero-order valence-corrected chi connectivity index (χ0v) is 16.2. The number of rotatable bonds is 4. The van der Waals surface area contributed by atoms with Crippen molar-refractivity contribution in [2.75, 3.05) is 18.1 Å². The lowest BCUT2D eigenvalue weighted by Gasteiger charge is -2.27. The van der Waals surface area contributed by atoms with E-state index in [4.69, 9.17) is 0 Å². The molecule has 1 fully saturated rings. The zero-order chi connectivity index (χ0) is 17.4. The molecule has 0 aromatic carbocycles. The van der Waals surface area contributed by atoms with Gasteiger partial charge in [0.05, 0.1) is 22.2 Å². The van der Waals surface area contributed by atoms with Crippen molar-refractivity contribution in [3.63, 3.8) is 0 Å². The van der Waals surface area contributed by atoms with Crippen LogP contribution >= 0.6 is 11.3 Å². The molecular weight excluding hydrogens is 332 g/mol. The summed E-state index contributed by atoms with van der Waals surface area (Å²) < 4.78 is 23.5. The Bertz CT molecular complexity index is 687. The third kappa shape index (κ3) is 4.12. The molecule has 1 aromatic rings. The fourth-order valence-corrected chi connectivity index (χ4v) is 5.57. The van der Waals surface area contributed by atoms with Crippen LogP contribution in [0.15, 0.2) is 0 Å². The monoisotopic (exact) mass is 358 g/mol. The van der Waals surface area contributed by atoms with Gasteiger partial charge in [0.25, 0.3) is 5.91 Å². The molecule has 2 rings (SSSR count). The number of hydrogen-bond acceptors (Lipinski definition) is 5. The van der Waals surface area contributed by atoms with E-state index in [2.05, 4.69) is 25.8 Å². The van der Waals surface area contributed by atoms with Crippen molar-refractivity contribution in [2.24, 2.45) is 0 Å². The topological polar surface area (TPSA) is 67.3 Å². The molecule has 0 bridgehead atoms. The van der Waals surface area contributed by atoms with Gasteiger partial charge < -0.3 is 4.90 Å². The molecule has 2 heterocycles. The van der Waals surface area contributed by atoms with Crippen molar-refractivity contribution >= 4 is 27.1 Å². The summed E-state index contributed by atoms with van der Waals surface area (Å²) in [6.45, 7) is 10.7. The highest BCUT2D eigenvalue weighted by Gasteiger charge is 2.36. The molecule has 7 heteroatoms. The summed E-state index contributed by atoms with van der Waals surface area (Å²) in [6, 6.07) is -0.202. The lowest BCUT2D eigenvalue weighted by atomic mass is 9.98. The predicted molar refractivity (Wildman–Crippen MR) is 93.9 cm³/mol. The summed E-state index contributed by atoms with van der Waals surface area (Å²) in [5.41, 5.74) is 0.646. The Morgan fingerprint density at radius 2 is 2.04 bits per heavy atom. The Balaban J connectivity index is 2.30. The SMILES string of the molecule is CCCN(C(=O)c1sc(C(C)(C)C)nc1C)C1CCS(=O)(=O)C1. The van der Waals surface area contributed by atoms with E-state index in [0.29, 0.717) is 17.8 Å². The first-order chi connectivity index (χ1) is 10.5. The van der Waals surface area contributed by atoms with Crippen LogP contribution in [-0.4, -0.2) is 48.3 Å². The Labute approximate surface area is 143 Å². The summed E-state index contributed by atoms with van der Waals surface area (Å²) in [4.78, 5) is 19.9. The minimum absolute atomic E-state index is 0.0700. The van der Waals surface area contributed by atoms with Gasteiger partial charge in [0.15, 0.2) is 9.84 Å². The molecule has 0 N–H and O–H groups in total. The van der Waals surface area contributed by atoms with Gasteiger partial charge in [-0.25, -0.2) is 13.4 Å². The molecule has 1 aliphatic heterocycles. The lowest BCUT2D eigenvalue weighted by Crippen LogP contribution is -2.41. The van der Waals surface area contributed by atoms with E-state index in [9.17, 15) is 13.2 Å². The van der Waals surface area contributed by atoms with E-state index in [0.717, 1.165) is 17.1 Å². The number of thiazole rings is 1. The van der Waals surface area contributed by atoms with Crippen molar-refractivity contribution in [3.05, 3.63) is 15.6 Å². The normalized spacial score (nSPS) is 20.7. The summed E-state index contributed by atoms with van der Waals surface area (Å²) in [6.07, 6.45) is 1.35. The molecule has 1 unspecified atom stereocenters. The highest BCUT2D eigenvalue weighted by Crippen LogP contribution is 2.31. The maximum absolute atomic E-state index is 13.0. The van der Waals surface area contributed by atoms with Crippen LogP contribution in [0.2, 0.25) is 0 Å². The molecule has 23 heavy (non-hydrogen) atoms. The third-order valence-electron chi connectivity index (χ3n) is 4.01. The largest absolute Gasteiger partial charge is 0.334 e. The summed E-state index contributed by atoms with van der Waals surface area (Å²) in [5.74, 6) is 0.197. The van der Waals surface area contributed by atoms with Crippen molar-refractivity contribution in [2.45, 2.75) is 58.9 Å². The second-order valence-corrected chi connectivity index (χ2v) is 10.5. The van der Waals surface area contributed by atoms with E-state index in [1.807, 2.05) is 13.8 Å². The minimum Gasteiger partial charge on any atom is -0.334 e. The van der Waals surface area contributed by atoms with Gasteiger partial charge >= 0.3 is 0 Å². The van der Waals surface area contributed by atoms with E-state index >= 15 is 0 Å². The van der Waals surface area contributed by atoms with Crippen LogP contribution in [0.25, 0.3) is 0 Å². The van der Waals surface area contributed by atoms with E-state index in [1.165, 1.54) is 11.3 Å². The number of aryl methyl sites for hydroxylation is 1. The molecule has 1 saturated heterocycles. The van der Waals surface area contributed by atoms with Crippen molar-refractivity contribution in [3.8, 4) is 0 Å². The van der Waals surface area contributed by atoms with E-state index in [-0.39, 0.29) is 28.9 Å². The van der Waals surface area contributed by atoms with Gasteiger partial charge in [-0.05, 0) is 19.8 Å². The summed E-state index contributed by atoms with van der Waals surface area (Å²) in [5, 5.41) is 0.939.